The zero-order valence-corrected chi connectivity index (χ0v) is 13.4. The molecule has 0 amide bonds. The molecule has 25 heavy (non-hydrogen) atoms. The van der Waals surface area contributed by atoms with Crippen LogP contribution in [-0.4, -0.2) is 14.8 Å². The predicted molar refractivity (Wildman–Crippen MR) is 88.4 cm³/mol. The third kappa shape index (κ3) is 3.89. The van der Waals surface area contributed by atoms with Gasteiger partial charge in [0.15, 0.2) is 0 Å². The Bertz CT molecular complexity index is 852. The first-order valence-electron chi connectivity index (χ1n) is 7.85. The van der Waals surface area contributed by atoms with Gasteiger partial charge in [0.2, 0.25) is 0 Å². The first-order chi connectivity index (χ1) is 12.1. The van der Waals surface area contributed by atoms with Crippen molar-refractivity contribution in [3.63, 3.8) is 0 Å². The molecule has 126 valence electrons. The van der Waals surface area contributed by atoms with E-state index in [9.17, 15) is 14.0 Å². The highest BCUT2D eigenvalue weighted by Gasteiger charge is 2.33. The number of hydrogen-bond donors (Lipinski definition) is 0. The van der Waals surface area contributed by atoms with Gasteiger partial charge in [0, 0.05) is 0 Å². The number of aryl methyl sites for hydroxylation is 1. The molecule has 0 aliphatic heterocycles. The molecule has 0 N–H and O–H groups in total. The van der Waals surface area contributed by atoms with E-state index < -0.39 is 5.41 Å². The molecule has 0 saturated heterocycles. The topological polar surface area (TPSA) is 54.5 Å². The number of rotatable bonds is 6. The summed E-state index contributed by atoms with van der Waals surface area (Å²) in [5.41, 5.74) is 0.756. The summed E-state index contributed by atoms with van der Waals surface area (Å²) in [6.45, 7) is 0.302. The second kappa shape index (κ2) is 7.22. The fraction of sp³-hybridized carbons (Fsp3) is 0.211. The summed E-state index contributed by atoms with van der Waals surface area (Å²) in [4.78, 5) is 3.92. The summed E-state index contributed by atoms with van der Waals surface area (Å²) in [7, 11) is 0. The third-order valence-electron chi connectivity index (χ3n) is 4.26. The fourth-order valence-electron chi connectivity index (χ4n) is 2.84. The SMILES string of the molecule is N#CC(CCc1ccc(F)cc1)(Cn1cncn1)c1ccc(F)cc1. The summed E-state index contributed by atoms with van der Waals surface area (Å²) in [6.07, 6.45) is 4.03. The Hall–Kier alpha value is -3.07. The highest BCUT2D eigenvalue weighted by atomic mass is 19.1. The van der Waals surface area contributed by atoms with Gasteiger partial charge >= 0.3 is 0 Å². The lowest BCUT2D eigenvalue weighted by Crippen LogP contribution is -2.31. The smallest absolute Gasteiger partial charge is 0.137 e. The zero-order valence-electron chi connectivity index (χ0n) is 13.4. The van der Waals surface area contributed by atoms with Crippen molar-refractivity contribution >= 4 is 0 Å². The molecule has 0 aliphatic rings. The van der Waals surface area contributed by atoms with E-state index in [-0.39, 0.29) is 11.6 Å². The summed E-state index contributed by atoms with van der Waals surface area (Å²) < 4.78 is 28.0. The van der Waals surface area contributed by atoms with Crippen LogP contribution in [0.4, 0.5) is 8.78 Å². The van der Waals surface area contributed by atoms with Gasteiger partial charge in [0.1, 0.15) is 29.7 Å². The molecule has 0 spiro atoms. The number of benzene rings is 2. The Morgan fingerprint density at radius 1 is 1.00 bits per heavy atom. The zero-order chi connectivity index (χ0) is 17.7. The molecule has 3 aromatic rings. The molecule has 0 aliphatic carbocycles. The molecule has 0 radical (unpaired) electrons. The van der Waals surface area contributed by atoms with Crippen molar-refractivity contribution in [3.8, 4) is 6.07 Å². The average Bonchev–Trinajstić information content (AvgIpc) is 3.13. The largest absolute Gasteiger partial charge is 0.251 e. The number of nitrogens with zero attached hydrogens (tertiary/aromatic N) is 4. The lowest BCUT2D eigenvalue weighted by atomic mass is 9.77. The second-order valence-electron chi connectivity index (χ2n) is 5.92. The fourth-order valence-corrected chi connectivity index (χ4v) is 2.84. The Morgan fingerprint density at radius 2 is 1.64 bits per heavy atom. The van der Waals surface area contributed by atoms with E-state index in [2.05, 4.69) is 16.2 Å². The molecule has 6 heteroatoms. The summed E-state index contributed by atoms with van der Waals surface area (Å²) >= 11 is 0. The standard InChI is InChI=1S/C19H16F2N4/c20-17-5-1-15(2-6-17)9-10-19(11-22,12-25-14-23-13-24-25)16-3-7-18(21)8-4-16/h1-8,13-14H,9-10,12H2. The molecule has 0 saturated carbocycles. The van der Waals surface area contributed by atoms with Crippen LogP contribution in [0.1, 0.15) is 17.5 Å². The van der Waals surface area contributed by atoms with Crippen LogP contribution in [0.25, 0.3) is 0 Å². The van der Waals surface area contributed by atoms with E-state index in [1.54, 1.807) is 35.3 Å². The van der Waals surface area contributed by atoms with Crippen LogP contribution in [0.3, 0.4) is 0 Å². The van der Waals surface area contributed by atoms with Crippen LogP contribution in [0.5, 0.6) is 0 Å². The van der Waals surface area contributed by atoms with Gasteiger partial charge in [-0.15, -0.1) is 0 Å². The molecule has 0 bridgehead atoms. The maximum absolute atomic E-state index is 13.3. The quantitative estimate of drug-likeness (QED) is 0.689. The normalized spacial score (nSPS) is 13.2. The molecule has 1 aromatic heterocycles. The molecule has 2 aromatic carbocycles. The van der Waals surface area contributed by atoms with Crippen molar-refractivity contribution < 1.29 is 8.78 Å². The first-order valence-corrected chi connectivity index (χ1v) is 7.85. The van der Waals surface area contributed by atoms with Crippen LogP contribution in [-0.2, 0) is 18.4 Å². The highest BCUT2D eigenvalue weighted by molar-refractivity contribution is 5.33. The van der Waals surface area contributed by atoms with Crippen LogP contribution < -0.4 is 0 Å². The first kappa shape index (κ1) is 16.8. The van der Waals surface area contributed by atoms with Gasteiger partial charge in [-0.25, -0.2) is 13.8 Å². The number of halogens is 2. The second-order valence-corrected chi connectivity index (χ2v) is 5.92. The summed E-state index contributed by atoms with van der Waals surface area (Å²) in [6, 6.07) is 14.5. The lowest BCUT2D eigenvalue weighted by Gasteiger charge is -2.27. The van der Waals surface area contributed by atoms with E-state index in [4.69, 9.17) is 0 Å². The van der Waals surface area contributed by atoms with Gasteiger partial charge in [-0.05, 0) is 48.2 Å². The molecular weight excluding hydrogens is 322 g/mol. The van der Waals surface area contributed by atoms with Crippen molar-refractivity contribution in [2.24, 2.45) is 0 Å². The van der Waals surface area contributed by atoms with Crippen LogP contribution in [0.2, 0.25) is 0 Å². The van der Waals surface area contributed by atoms with Gasteiger partial charge in [-0.1, -0.05) is 24.3 Å². The van der Waals surface area contributed by atoms with E-state index in [1.165, 1.54) is 30.6 Å². The Balaban J connectivity index is 1.91. The van der Waals surface area contributed by atoms with Gasteiger partial charge in [0.25, 0.3) is 0 Å². The van der Waals surface area contributed by atoms with Crippen molar-refractivity contribution in [1.82, 2.24) is 14.8 Å². The van der Waals surface area contributed by atoms with E-state index in [0.29, 0.717) is 24.9 Å². The lowest BCUT2D eigenvalue weighted by molar-refractivity contribution is 0.401. The number of aromatic nitrogens is 3. The predicted octanol–water partition coefficient (Wildman–Crippen LogP) is 3.65. The maximum atomic E-state index is 13.3. The van der Waals surface area contributed by atoms with Gasteiger partial charge < -0.3 is 0 Å². The van der Waals surface area contributed by atoms with E-state index >= 15 is 0 Å². The van der Waals surface area contributed by atoms with Crippen molar-refractivity contribution in [3.05, 3.63) is 83.9 Å². The minimum absolute atomic E-state index is 0.295. The van der Waals surface area contributed by atoms with Gasteiger partial charge in [-0.2, -0.15) is 10.4 Å². The highest BCUT2D eigenvalue weighted by Crippen LogP contribution is 2.31. The van der Waals surface area contributed by atoms with Crippen LogP contribution in [0, 0.1) is 23.0 Å². The Labute approximate surface area is 144 Å². The number of hydrogen-bond acceptors (Lipinski definition) is 3. The van der Waals surface area contributed by atoms with E-state index in [1.807, 2.05) is 0 Å². The molecule has 1 heterocycles. The maximum Gasteiger partial charge on any atom is 0.137 e. The van der Waals surface area contributed by atoms with Gasteiger partial charge in [-0.3, -0.25) is 4.68 Å². The van der Waals surface area contributed by atoms with Crippen molar-refractivity contribution in [2.75, 3.05) is 0 Å². The van der Waals surface area contributed by atoms with Crippen molar-refractivity contribution in [1.29, 1.82) is 5.26 Å². The molecule has 4 nitrogen and oxygen atoms in total. The van der Waals surface area contributed by atoms with Crippen molar-refractivity contribution in [2.45, 2.75) is 24.8 Å². The molecule has 3 rings (SSSR count). The van der Waals surface area contributed by atoms with Gasteiger partial charge in [0.05, 0.1) is 12.6 Å². The molecule has 1 atom stereocenters. The Morgan fingerprint density at radius 3 is 2.20 bits per heavy atom. The van der Waals surface area contributed by atoms with E-state index in [0.717, 1.165) is 5.56 Å². The molecule has 1 unspecified atom stereocenters. The van der Waals surface area contributed by atoms with Crippen LogP contribution >= 0.6 is 0 Å². The summed E-state index contributed by atoms with van der Waals surface area (Å²) in [5, 5.41) is 14.0. The summed E-state index contributed by atoms with van der Waals surface area (Å²) in [5.74, 6) is -0.647. The monoisotopic (exact) mass is 338 g/mol. The molecular formula is C19H16F2N4. The Kier molecular flexibility index (Phi) is 4.85. The average molecular weight is 338 g/mol. The third-order valence-corrected chi connectivity index (χ3v) is 4.26. The minimum atomic E-state index is -0.893. The number of nitriles is 1. The van der Waals surface area contributed by atoms with Crippen LogP contribution in [0.15, 0.2) is 61.2 Å². The molecule has 0 fully saturated rings. The minimum Gasteiger partial charge on any atom is -0.251 e.